The lowest BCUT2D eigenvalue weighted by Gasteiger charge is -2.52. The van der Waals surface area contributed by atoms with Crippen molar-refractivity contribution >= 4 is 11.9 Å². The van der Waals surface area contributed by atoms with E-state index in [9.17, 15) is 9.59 Å². The molecule has 0 radical (unpaired) electrons. The second-order valence-electron chi connectivity index (χ2n) is 6.86. The van der Waals surface area contributed by atoms with Crippen LogP contribution in [0.25, 0.3) is 0 Å². The smallest absolute Gasteiger partial charge is 0.313 e. The standard InChI is InChI=1S/C17H26O4/c1-10(2)16(14(18)20-5)12-7-8-13(9-12)17(16,11(3)4)15(19)21-6/h7-8,10-13H,9H2,1-6H3. The van der Waals surface area contributed by atoms with Crippen molar-refractivity contribution in [3.63, 3.8) is 0 Å². The predicted molar refractivity (Wildman–Crippen MR) is 79.3 cm³/mol. The lowest BCUT2D eigenvalue weighted by molar-refractivity contribution is -0.192. The fraction of sp³-hybridized carbons (Fsp3) is 0.765. The average molecular weight is 294 g/mol. The van der Waals surface area contributed by atoms with Gasteiger partial charge in [-0.2, -0.15) is 0 Å². The summed E-state index contributed by atoms with van der Waals surface area (Å²) in [5, 5.41) is 0. The molecule has 0 aliphatic heterocycles. The van der Waals surface area contributed by atoms with Crippen LogP contribution in [0, 0.1) is 34.5 Å². The fourth-order valence-corrected chi connectivity index (χ4v) is 5.25. The Hall–Kier alpha value is -1.32. The maximum absolute atomic E-state index is 12.8. The van der Waals surface area contributed by atoms with Gasteiger partial charge in [-0.05, 0) is 30.1 Å². The van der Waals surface area contributed by atoms with Crippen LogP contribution in [-0.2, 0) is 19.1 Å². The first-order valence-electron chi connectivity index (χ1n) is 7.66. The molecule has 4 atom stereocenters. The first-order valence-corrected chi connectivity index (χ1v) is 7.66. The third-order valence-electron chi connectivity index (χ3n) is 5.81. The lowest BCUT2D eigenvalue weighted by atomic mass is 9.49. The molecule has 2 aliphatic carbocycles. The Morgan fingerprint density at radius 1 is 0.905 bits per heavy atom. The number of hydrogen-bond donors (Lipinski definition) is 0. The quantitative estimate of drug-likeness (QED) is 0.591. The van der Waals surface area contributed by atoms with E-state index in [1.54, 1.807) is 0 Å². The van der Waals surface area contributed by atoms with Crippen LogP contribution in [0.1, 0.15) is 34.1 Å². The molecule has 0 aromatic rings. The van der Waals surface area contributed by atoms with Crippen LogP contribution in [0.2, 0.25) is 0 Å². The van der Waals surface area contributed by atoms with Crippen molar-refractivity contribution in [1.29, 1.82) is 0 Å². The Morgan fingerprint density at radius 3 is 1.48 bits per heavy atom. The maximum atomic E-state index is 12.8. The van der Waals surface area contributed by atoms with E-state index in [2.05, 4.69) is 12.2 Å². The van der Waals surface area contributed by atoms with E-state index in [-0.39, 0.29) is 35.6 Å². The molecular formula is C17H26O4. The maximum Gasteiger partial charge on any atom is 0.313 e. The van der Waals surface area contributed by atoms with Gasteiger partial charge in [0.1, 0.15) is 0 Å². The first-order chi connectivity index (χ1) is 9.81. The third-order valence-corrected chi connectivity index (χ3v) is 5.81. The summed E-state index contributed by atoms with van der Waals surface area (Å²) < 4.78 is 10.3. The Kier molecular flexibility index (Phi) is 3.94. The Morgan fingerprint density at radius 2 is 1.24 bits per heavy atom. The minimum absolute atomic E-state index is 0.00796. The number of allylic oxidation sites excluding steroid dienone is 2. The molecule has 4 unspecified atom stereocenters. The van der Waals surface area contributed by atoms with E-state index in [0.29, 0.717) is 0 Å². The molecule has 0 aromatic carbocycles. The summed E-state index contributed by atoms with van der Waals surface area (Å²) >= 11 is 0. The first kappa shape index (κ1) is 16.1. The van der Waals surface area contributed by atoms with E-state index in [4.69, 9.17) is 9.47 Å². The van der Waals surface area contributed by atoms with E-state index < -0.39 is 10.8 Å². The van der Waals surface area contributed by atoms with Crippen molar-refractivity contribution in [3.05, 3.63) is 12.2 Å². The number of fused-ring (bicyclic) bond motifs is 2. The van der Waals surface area contributed by atoms with Crippen LogP contribution in [0.15, 0.2) is 12.2 Å². The van der Waals surface area contributed by atoms with E-state index >= 15 is 0 Å². The van der Waals surface area contributed by atoms with Gasteiger partial charge in [-0.1, -0.05) is 39.8 Å². The Balaban J connectivity index is 2.78. The summed E-state index contributed by atoms with van der Waals surface area (Å²) in [6.07, 6.45) is 5.00. The second kappa shape index (κ2) is 5.15. The molecular weight excluding hydrogens is 268 g/mol. The number of carbonyl (C=O) groups excluding carboxylic acids is 2. The van der Waals surface area contributed by atoms with Crippen molar-refractivity contribution in [2.24, 2.45) is 34.5 Å². The van der Waals surface area contributed by atoms with Gasteiger partial charge in [-0.3, -0.25) is 9.59 Å². The molecule has 2 rings (SSSR count). The van der Waals surface area contributed by atoms with Crippen LogP contribution >= 0.6 is 0 Å². The Labute approximate surface area is 126 Å². The largest absolute Gasteiger partial charge is 0.469 e. The van der Waals surface area contributed by atoms with Crippen LogP contribution in [0.5, 0.6) is 0 Å². The molecule has 0 spiro atoms. The summed E-state index contributed by atoms with van der Waals surface area (Å²) in [5.74, 6) is -0.507. The highest BCUT2D eigenvalue weighted by Gasteiger charge is 2.75. The number of carbonyl (C=O) groups is 2. The molecule has 4 nitrogen and oxygen atoms in total. The van der Waals surface area contributed by atoms with Crippen molar-refractivity contribution in [2.45, 2.75) is 34.1 Å². The third kappa shape index (κ3) is 1.62. The van der Waals surface area contributed by atoms with Gasteiger partial charge in [0.05, 0.1) is 25.0 Å². The van der Waals surface area contributed by atoms with Crippen LogP contribution in [0.3, 0.4) is 0 Å². The molecule has 0 heterocycles. The molecule has 2 bridgehead atoms. The summed E-state index contributed by atoms with van der Waals surface area (Å²) in [5.41, 5.74) is -1.69. The topological polar surface area (TPSA) is 52.6 Å². The van der Waals surface area contributed by atoms with Gasteiger partial charge in [0.2, 0.25) is 0 Å². The van der Waals surface area contributed by atoms with Crippen LogP contribution in [-0.4, -0.2) is 26.2 Å². The highest BCUT2D eigenvalue weighted by Crippen LogP contribution is 2.70. The van der Waals surface area contributed by atoms with Gasteiger partial charge in [0, 0.05) is 0 Å². The number of hydrogen-bond acceptors (Lipinski definition) is 4. The predicted octanol–water partition coefficient (Wildman–Crippen LogP) is 2.82. The van der Waals surface area contributed by atoms with E-state index in [1.807, 2.05) is 27.7 Å². The highest BCUT2D eigenvalue weighted by molar-refractivity contribution is 5.91. The number of rotatable bonds is 4. The van der Waals surface area contributed by atoms with Crippen LogP contribution < -0.4 is 0 Å². The monoisotopic (exact) mass is 294 g/mol. The second-order valence-corrected chi connectivity index (χ2v) is 6.86. The zero-order valence-electron chi connectivity index (χ0n) is 13.8. The fourth-order valence-electron chi connectivity index (χ4n) is 5.25. The van der Waals surface area contributed by atoms with Crippen molar-refractivity contribution in [1.82, 2.24) is 0 Å². The Bertz CT molecular complexity index is 437. The zero-order valence-corrected chi connectivity index (χ0v) is 13.8. The summed E-state index contributed by atoms with van der Waals surface area (Å²) in [6, 6.07) is 0. The minimum atomic E-state index is -0.845. The number of ether oxygens (including phenoxy) is 2. The highest BCUT2D eigenvalue weighted by atomic mass is 16.5. The van der Waals surface area contributed by atoms with Gasteiger partial charge in [-0.25, -0.2) is 0 Å². The van der Waals surface area contributed by atoms with Gasteiger partial charge in [-0.15, -0.1) is 0 Å². The molecule has 0 amide bonds. The van der Waals surface area contributed by atoms with Crippen molar-refractivity contribution < 1.29 is 19.1 Å². The molecule has 0 N–H and O–H groups in total. The number of esters is 2. The van der Waals surface area contributed by atoms with E-state index in [1.165, 1.54) is 14.2 Å². The van der Waals surface area contributed by atoms with Gasteiger partial charge in [0.25, 0.3) is 0 Å². The van der Waals surface area contributed by atoms with Gasteiger partial charge >= 0.3 is 11.9 Å². The van der Waals surface area contributed by atoms with Crippen molar-refractivity contribution in [2.75, 3.05) is 14.2 Å². The summed E-state index contributed by atoms with van der Waals surface area (Å²) in [7, 11) is 2.81. The molecule has 2 aliphatic rings. The van der Waals surface area contributed by atoms with Gasteiger partial charge < -0.3 is 9.47 Å². The van der Waals surface area contributed by atoms with Crippen LogP contribution in [0.4, 0.5) is 0 Å². The molecule has 21 heavy (non-hydrogen) atoms. The lowest BCUT2D eigenvalue weighted by Crippen LogP contribution is -2.61. The number of methoxy groups -OCH3 is 2. The molecule has 1 saturated carbocycles. The SMILES string of the molecule is COC(=O)C1(C(C)C)C2C=CC(C2)C1(C(=O)OC)C(C)C. The zero-order chi connectivity index (χ0) is 16.0. The molecule has 0 aromatic heterocycles. The summed E-state index contributed by atoms with van der Waals surface area (Å²) in [4.78, 5) is 25.7. The van der Waals surface area contributed by atoms with Gasteiger partial charge in [0.15, 0.2) is 0 Å². The van der Waals surface area contributed by atoms with E-state index in [0.717, 1.165) is 6.42 Å². The molecule has 0 saturated heterocycles. The molecule has 118 valence electrons. The average Bonchev–Trinajstić information content (AvgIpc) is 3.03. The normalized spacial score (nSPS) is 37.3. The summed E-state index contributed by atoms with van der Waals surface area (Å²) in [6.45, 7) is 8.02. The molecule has 1 fully saturated rings. The molecule has 4 heteroatoms. The van der Waals surface area contributed by atoms with Crippen molar-refractivity contribution in [3.8, 4) is 0 Å². The minimum Gasteiger partial charge on any atom is -0.469 e.